The van der Waals surface area contributed by atoms with E-state index in [1.54, 1.807) is 0 Å². The Morgan fingerprint density at radius 3 is 2.32 bits per heavy atom. The highest BCUT2D eigenvalue weighted by atomic mass is 35.5. The van der Waals surface area contributed by atoms with E-state index in [4.69, 9.17) is 28.9 Å². The number of benzene rings is 1. The lowest BCUT2D eigenvalue weighted by molar-refractivity contribution is -0.165. The molecular weight excluding hydrogens is 326 g/mol. The van der Waals surface area contributed by atoms with Crippen molar-refractivity contribution < 1.29 is 21.6 Å². The van der Waals surface area contributed by atoms with E-state index in [-0.39, 0.29) is 10.0 Å². The molecule has 0 aliphatic heterocycles. The number of hydrogen-bond acceptors (Lipinski definition) is 3. The Bertz CT molecular complexity index is 560. The maximum Gasteiger partial charge on any atom is 0.394 e. The van der Waals surface area contributed by atoms with Gasteiger partial charge in [0.25, 0.3) is 0 Å². The van der Waals surface area contributed by atoms with Crippen LogP contribution in [0.5, 0.6) is 0 Å². The maximum atomic E-state index is 12.5. The maximum absolute atomic E-state index is 12.5. The molecule has 1 rings (SSSR count). The number of rotatable bonds is 4. The van der Waals surface area contributed by atoms with Gasteiger partial charge >= 0.3 is 6.18 Å². The van der Waals surface area contributed by atoms with Crippen molar-refractivity contribution in [3.63, 3.8) is 0 Å². The smallest absolute Gasteiger partial charge is 0.330 e. The zero-order valence-corrected chi connectivity index (χ0v) is 11.7. The molecule has 0 aromatic heterocycles. The zero-order chi connectivity index (χ0) is 14.8. The standard InChI is InChI=1S/C10H10Cl2F3NO2S/c11-7-1-2-8(12)9(3-7)19(17,18)5-6(4-16)10(13,14)15/h1-3,6H,4-5,16H2. The van der Waals surface area contributed by atoms with E-state index in [0.717, 1.165) is 6.07 Å². The minimum atomic E-state index is -4.69. The summed E-state index contributed by atoms with van der Waals surface area (Å²) in [7, 11) is -4.22. The number of alkyl halides is 3. The third-order valence-electron chi connectivity index (χ3n) is 2.40. The van der Waals surface area contributed by atoms with Gasteiger partial charge in [-0.15, -0.1) is 0 Å². The van der Waals surface area contributed by atoms with E-state index in [1.165, 1.54) is 12.1 Å². The minimum absolute atomic E-state index is 0.0688. The summed E-state index contributed by atoms with van der Waals surface area (Å²) in [5, 5.41) is -0.110. The first-order valence-corrected chi connectivity index (χ1v) is 7.43. The van der Waals surface area contributed by atoms with Crippen LogP contribution in [0.2, 0.25) is 10.0 Å². The Labute approximate surface area is 118 Å². The number of halogens is 5. The highest BCUT2D eigenvalue weighted by molar-refractivity contribution is 7.91. The lowest BCUT2D eigenvalue weighted by atomic mass is 10.2. The van der Waals surface area contributed by atoms with Gasteiger partial charge in [0.05, 0.1) is 21.6 Å². The van der Waals surface area contributed by atoms with E-state index < -0.39 is 39.1 Å². The molecule has 0 aliphatic rings. The van der Waals surface area contributed by atoms with Crippen molar-refractivity contribution in [2.45, 2.75) is 11.1 Å². The second kappa shape index (κ2) is 5.87. The fourth-order valence-electron chi connectivity index (χ4n) is 1.37. The largest absolute Gasteiger partial charge is 0.394 e. The molecule has 1 aromatic carbocycles. The molecule has 2 N–H and O–H groups in total. The first-order valence-electron chi connectivity index (χ1n) is 5.02. The summed E-state index contributed by atoms with van der Waals surface area (Å²) in [4.78, 5) is -0.427. The molecule has 0 fully saturated rings. The first-order chi connectivity index (χ1) is 8.58. The van der Waals surface area contributed by atoms with E-state index in [0.29, 0.717) is 0 Å². The minimum Gasteiger partial charge on any atom is -0.330 e. The first kappa shape index (κ1) is 16.6. The molecule has 9 heteroatoms. The van der Waals surface area contributed by atoms with Crippen LogP contribution in [0.25, 0.3) is 0 Å². The van der Waals surface area contributed by atoms with Gasteiger partial charge in [-0.3, -0.25) is 0 Å². The van der Waals surface area contributed by atoms with Gasteiger partial charge in [0.15, 0.2) is 9.84 Å². The Morgan fingerprint density at radius 1 is 1.26 bits per heavy atom. The number of sulfone groups is 1. The lowest BCUT2D eigenvalue weighted by Gasteiger charge is -2.18. The Balaban J connectivity index is 3.14. The third-order valence-corrected chi connectivity index (χ3v) is 4.92. The van der Waals surface area contributed by atoms with Gasteiger partial charge in [0.2, 0.25) is 0 Å². The highest BCUT2D eigenvalue weighted by Gasteiger charge is 2.42. The topological polar surface area (TPSA) is 60.2 Å². The zero-order valence-electron chi connectivity index (χ0n) is 9.42. The molecule has 1 atom stereocenters. The molecule has 1 aromatic rings. The molecule has 0 saturated heterocycles. The van der Waals surface area contributed by atoms with Gasteiger partial charge in [0, 0.05) is 11.6 Å². The summed E-state index contributed by atoms with van der Waals surface area (Å²) in [6.45, 7) is -0.819. The van der Waals surface area contributed by atoms with E-state index in [1.807, 2.05) is 0 Å². The van der Waals surface area contributed by atoms with Crippen molar-refractivity contribution in [3.8, 4) is 0 Å². The average molecular weight is 336 g/mol. The molecule has 0 amide bonds. The molecule has 0 spiro atoms. The lowest BCUT2D eigenvalue weighted by Crippen LogP contribution is -2.36. The molecule has 0 heterocycles. The van der Waals surface area contributed by atoms with Crippen molar-refractivity contribution in [1.82, 2.24) is 0 Å². The predicted octanol–water partition coefficient (Wildman–Crippen LogP) is 2.90. The summed E-state index contributed by atoms with van der Waals surface area (Å²) in [5.74, 6) is -3.31. The number of hydrogen-bond donors (Lipinski definition) is 1. The fourth-order valence-corrected chi connectivity index (χ4v) is 3.78. The van der Waals surface area contributed by atoms with Crippen molar-refractivity contribution in [2.24, 2.45) is 11.7 Å². The second-order valence-electron chi connectivity index (χ2n) is 3.83. The number of nitrogens with two attached hydrogens (primary N) is 1. The van der Waals surface area contributed by atoms with Crippen molar-refractivity contribution in [1.29, 1.82) is 0 Å². The van der Waals surface area contributed by atoms with Crippen molar-refractivity contribution in [3.05, 3.63) is 28.2 Å². The highest BCUT2D eigenvalue weighted by Crippen LogP contribution is 2.31. The Hall–Kier alpha value is -0.500. The summed E-state index contributed by atoms with van der Waals surface area (Å²) in [5.41, 5.74) is 4.97. The van der Waals surface area contributed by atoms with Crippen LogP contribution in [0.3, 0.4) is 0 Å². The molecular formula is C10H10Cl2F3NO2S. The van der Waals surface area contributed by atoms with Crippen LogP contribution in [0.15, 0.2) is 23.1 Å². The monoisotopic (exact) mass is 335 g/mol. The van der Waals surface area contributed by atoms with E-state index in [2.05, 4.69) is 0 Å². The van der Waals surface area contributed by atoms with Crippen LogP contribution < -0.4 is 5.73 Å². The van der Waals surface area contributed by atoms with Crippen molar-refractivity contribution >= 4 is 33.0 Å². The van der Waals surface area contributed by atoms with Crippen LogP contribution in [0.1, 0.15) is 0 Å². The molecule has 3 nitrogen and oxygen atoms in total. The van der Waals surface area contributed by atoms with Crippen LogP contribution in [0.4, 0.5) is 13.2 Å². The quantitative estimate of drug-likeness (QED) is 0.920. The Morgan fingerprint density at radius 2 is 1.84 bits per heavy atom. The van der Waals surface area contributed by atoms with E-state index in [9.17, 15) is 21.6 Å². The summed E-state index contributed by atoms with van der Waals surface area (Å²) in [6, 6.07) is 3.57. The van der Waals surface area contributed by atoms with Crippen LogP contribution in [-0.4, -0.2) is 26.9 Å². The van der Waals surface area contributed by atoms with Crippen LogP contribution in [0, 0.1) is 5.92 Å². The van der Waals surface area contributed by atoms with Gasteiger partial charge < -0.3 is 5.73 Å². The van der Waals surface area contributed by atoms with Crippen LogP contribution in [-0.2, 0) is 9.84 Å². The molecule has 0 radical (unpaired) electrons. The molecule has 0 bridgehead atoms. The van der Waals surface area contributed by atoms with Gasteiger partial charge in [-0.05, 0) is 18.2 Å². The normalized spacial score (nSPS) is 14.4. The van der Waals surface area contributed by atoms with Crippen LogP contribution >= 0.6 is 23.2 Å². The average Bonchev–Trinajstić information content (AvgIpc) is 2.27. The van der Waals surface area contributed by atoms with Crippen molar-refractivity contribution in [2.75, 3.05) is 12.3 Å². The Kier molecular flexibility index (Phi) is 5.11. The van der Waals surface area contributed by atoms with E-state index >= 15 is 0 Å². The van der Waals surface area contributed by atoms with Gasteiger partial charge in [-0.2, -0.15) is 13.2 Å². The summed E-state index contributed by atoms with van der Waals surface area (Å²) < 4.78 is 61.5. The summed E-state index contributed by atoms with van der Waals surface area (Å²) in [6.07, 6.45) is -4.69. The molecule has 19 heavy (non-hydrogen) atoms. The third kappa shape index (κ3) is 4.24. The van der Waals surface area contributed by atoms with Gasteiger partial charge in [-0.1, -0.05) is 23.2 Å². The van der Waals surface area contributed by atoms with Gasteiger partial charge in [0.1, 0.15) is 0 Å². The molecule has 1 unspecified atom stereocenters. The molecule has 108 valence electrons. The SMILES string of the molecule is NCC(CS(=O)(=O)c1cc(Cl)ccc1Cl)C(F)(F)F. The molecule has 0 saturated carbocycles. The van der Waals surface area contributed by atoms with Gasteiger partial charge in [-0.25, -0.2) is 8.42 Å². The summed E-state index contributed by atoms with van der Waals surface area (Å²) >= 11 is 11.3. The second-order valence-corrected chi connectivity index (χ2v) is 6.68. The predicted molar refractivity (Wildman–Crippen MR) is 67.1 cm³/mol. The molecule has 0 aliphatic carbocycles. The fraction of sp³-hybridized carbons (Fsp3) is 0.400.